The lowest BCUT2D eigenvalue weighted by Gasteiger charge is -2.11. The van der Waals surface area contributed by atoms with Crippen LogP contribution >= 0.6 is 11.6 Å². The average Bonchev–Trinajstić information content (AvgIpc) is 2.66. The zero-order valence-corrected chi connectivity index (χ0v) is 16.3. The second-order valence-corrected chi connectivity index (χ2v) is 6.84. The quantitative estimate of drug-likeness (QED) is 0.528. The van der Waals surface area contributed by atoms with Gasteiger partial charge in [-0.3, -0.25) is 0 Å². The number of benzene rings is 1. The summed E-state index contributed by atoms with van der Waals surface area (Å²) in [6, 6.07) is 9.60. The number of hydrogen-bond acceptors (Lipinski definition) is 6. The van der Waals surface area contributed by atoms with Crippen LogP contribution in [0.3, 0.4) is 0 Å². The minimum absolute atomic E-state index is 0.255. The fraction of sp³-hybridized carbons (Fsp3) is 0.350. The second kappa shape index (κ2) is 9.48. The molecule has 0 amide bonds. The van der Waals surface area contributed by atoms with Gasteiger partial charge in [0.05, 0.1) is 17.0 Å². The van der Waals surface area contributed by atoms with Crippen molar-refractivity contribution in [2.75, 3.05) is 23.8 Å². The summed E-state index contributed by atoms with van der Waals surface area (Å²) in [6.07, 6.45) is 4.71. The van der Waals surface area contributed by atoms with E-state index in [1.807, 2.05) is 44.2 Å². The van der Waals surface area contributed by atoms with Gasteiger partial charge < -0.3 is 15.4 Å². The molecule has 0 saturated heterocycles. The Labute approximate surface area is 164 Å². The average molecular weight is 386 g/mol. The zero-order valence-electron chi connectivity index (χ0n) is 15.6. The molecule has 0 aliphatic rings. The molecule has 1 aromatic carbocycles. The first-order valence-electron chi connectivity index (χ1n) is 9.08. The summed E-state index contributed by atoms with van der Waals surface area (Å²) in [4.78, 5) is 13.4. The Balaban J connectivity index is 1.63. The van der Waals surface area contributed by atoms with Crippen LogP contribution in [0.2, 0.25) is 5.02 Å². The van der Waals surface area contributed by atoms with Crippen molar-refractivity contribution in [2.45, 2.75) is 32.9 Å². The van der Waals surface area contributed by atoms with Crippen LogP contribution in [0.25, 0.3) is 10.9 Å². The third-order valence-electron chi connectivity index (χ3n) is 3.97. The fourth-order valence-corrected chi connectivity index (χ4v) is 2.80. The highest BCUT2D eigenvalue weighted by Gasteiger charge is 2.06. The fourth-order valence-electron chi connectivity index (χ4n) is 2.60. The van der Waals surface area contributed by atoms with E-state index in [-0.39, 0.29) is 6.10 Å². The van der Waals surface area contributed by atoms with Gasteiger partial charge in [0.25, 0.3) is 0 Å². The molecule has 7 heteroatoms. The number of halogens is 1. The number of anilines is 2. The van der Waals surface area contributed by atoms with Gasteiger partial charge in [-0.2, -0.15) is 0 Å². The largest absolute Gasteiger partial charge is 0.379 e. The minimum Gasteiger partial charge on any atom is -0.379 e. The van der Waals surface area contributed by atoms with Gasteiger partial charge in [0, 0.05) is 37.1 Å². The number of nitrogens with zero attached hydrogens (tertiary/aromatic N) is 3. The van der Waals surface area contributed by atoms with Gasteiger partial charge in [0.2, 0.25) is 5.95 Å². The minimum atomic E-state index is 0.255. The van der Waals surface area contributed by atoms with Crippen LogP contribution in [0.15, 0.2) is 42.7 Å². The summed E-state index contributed by atoms with van der Waals surface area (Å²) >= 11 is 6.19. The van der Waals surface area contributed by atoms with Crippen LogP contribution < -0.4 is 10.6 Å². The first-order chi connectivity index (χ1) is 13.1. The van der Waals surface area contributed by atoms with Gasteiger partial charge in [-0.1, -0.05) is 29.8 Å². The molecule has 0 spiro atoms. The predicted molar refractivity (Wildman–Crippen MR) is 110 cm³/mol. The summed E-state index contributed by atoms with van der Waals surface area (Å²) in [7, 11) is 0. The highest BCUT2D eigenvalue weighted by Crippen LogP contribution is 2.20. The van der Waals surface area contributed by atoms with Gasteiger partial charge in [0.1, 0.15) is 5.82 Å². The highest BCUT2D eigenvalue weighted by atomic mass is 35.5. The smallest absolute Gasteiger partial charge is 0.223 e. The first kappa shape index (κ1) is 19.3. The molecular weight excluding hydrogens is 362 g/mol. The normalized spacial score (nSPS) is 11.1. The van der Waals surface area contributed by atoms with Crippen LogP contribution in [0, 0.1) is 0 Å². The number of aromatic nitrogens is 3. The molecule has 2 aromatic heterocycles. The van der Waals surface area contributed by atoms with E-state index in [0.29, 0.717) is 12.5 Å². The van der Waals surface area contributed by atoms with E-state index in [1.54, 1.807) is 12.4 Å². The van der Waals surface area contributed by atoms with E-state index in [4.69, 9.17) is 16.3 Å². The Hall–Kier alpha value is -2.44. The number of ether oxygens (including phenoxy) is 1. The summed E-state index contributed by atoms with van der Waals surface area (Å²) < 4.78 is 5.55. The standard InChI is InChI=1S/C20H24ClN5O/c1-14(2)27-11-5-9-22-19-16-13-25-20(26-18(16)8-10-23-19)24-12-15-6-3-4-7-17(15)21/h3-4,6-8,10,13-14H,5,9,11-12H2,1-2H3,(H,22,23)(H,24,25,26). The van der Waals surface area contributed by atoms with E-state index in [0.717, 1.165) is 46.9 Å². The van der Waals surface area contributed by atoms with E-state index in [1.165, 1.54) is 0 Å². The van der Waals surface area contributed by atoms with Gasteiger partial charge >= 0.3 is 0 Å². The maximum absolute atomic E-state index is 6.19. The molecule has 6 nitrogen and oxygen atoms in total. The van der Waals surface area contributed by atoms with E-state index in [9.17, 15) is 0 Å². The van der Waals surface area contributed by atoms with Gasteiger partial charge in [0.15, 0.2) is 0 Å². The van der Waals surface area contributed by atoms with E-state index >= 15 is 0 Å². The Bertz CT molecular complexity index is 887. The SMILES string of the molecule is CC(C)OCCCNc1nccc2nc(NCc3ccccc3Cl)ncc12. The number of fused-ring (bicyclic) bond motifs is 1. The van der Waals surface area contributed by atoms with Crippen LogP contribution in [-0.2, 0) is 11.3 Å². The van der Waals surface area contributed by atoms with Crippen molar-refractivity contribution >= 4 is 34.3 Å². The van der Waals surface area contributed by atoms with Crippen LogP contribution in [0.1, 0.15) is 25.8 Å². The molecule has 142 valence electrons. The molecular formula is C20H24ClN5O. The maximum atomic E-state index is 6.19. The monoisotopic (exact) mass is 385 g/mol. The third-order valence-corrected chi connectivity index (χ3v) is 4.34. The molecule has 27 heavy (non-hydrogen) atoms. The molecule has 3 aromatic rings. The lowest BCUT2D eigenvalue weighted by atomic mass is 10.2. The molecule has 0 bridgehead atoms. The highest BCUT2D eigenvalue weighted by molar-refractivity contribution is 6.31. The summed E-state index contributed by atoms with van der Waals surface area (Å²) in [6.45, 7) is 6.15. The molecule has 3 rings (SSSR count). The van der Waals surface area contributed by atoms with Crippen molar-refractivity contribution in [3.05, 3.63) is 53.3 Å². The molecule has 0 aliphatic heterocycles. The number of pyridine rings is 1. The van der Waals surface area contributed by atoms with Crippen LogP contribution in [-0.4, -0.2) is 34.2 Å². The van der Waals surface area contributed by atoms with E-state index in [2.05, 4.69) is 25.6 Å². The Morgan fingerprint density at radius 1 is 1.11 bits per heavy atom. The molecule has 0 aliphatic carbocycles. The zero-order chi connectivity index (χ0) is 19.1. The first-order valence-corrected chi connectivity index (χ1v) is 9.46. The number of hydrogen-bond donors (Lipinski definition) is 2. The summed E-state index contributed by atoms with van der Waals surface area (Å²) in [5.74, 6) is 1.35. The summed E-state index contributed by atoms with van der Waals surface area (Å²) in [5.41, 5.74) is 1.84. The Morgan fingerprint density at radius 3 is 2.78 bits per heavy atom. The number of nitrogens with one attached hydrogen (secondary N) is 2. The van der Waals surface area contributed by atoms with Crippen molar-refractivity contribution in [3.63, 3.8) is 0 Å². The van der Waals surface area contributed by atoms with Crippen molar-refractivity contribution in [1.82, 2.24) is 15.0 Å². The topological polar surface area (TPSA) is 72.0 Å². The lowest BCUT2D eigenvalue weighted by molar-refractivity contribution is 0.0787. The molecule has 0 unspecified atom stereocenters. The number of rotatable bonds is 9. The van der Waals surface area contributed by atoms with Gasteiger partial charge in [-0.05, 0) is 38.0 Å². The molecule has 0 radical (unpaired) electrons. The van der Waals surface area contributed by atoms with Crippen LogP contribution in [0.4, 0.5) is 11.8 Å². The maximum Gasteiger partial charge on any atom is 0.223 e. The third kappa shape index (κ3) is 5.52. The summed E-state index contributed by atoms with van der Waals surface area (Å²) in [5, 5.41) is 8.18. The van der Waals surface area contributed by atoms with Crippen molar-refractivity contribution in [3.8, 4) is 0 Å². The molecule has 2 N–H and O–H groups in total. The van der Waals surface area contributed by atoms with Crippen molar-refractivity contribution in [1.29, 1.82) is 0 Å². The van der Waals surface area contributed by atoms with Gasteiger partial charge in [-0.25, -0.2) is 15.0 Å². The predicted octanol–water partition coefficient (Wildman–Crippen LogP) is 4.52. The van der Waals surface area contributed by atoms with E-state index < -0.39 is 0 Å². The lowest BCUT2D eigenvalue weighted by Crippen LogP contribution is -2.10. The molecule has 0 atom stereocenters. The Morgan fingerprint density at radius 2 is 1.96 bits per heavy atom. The van der Waals surface area contributed by atoms with Gasteiger partial charge in [-0.15, -0.1) is 0 Å². The molecule has 2 heterocycles. The van der Waals surface area contributed by atoms with Crippen molar-refractivity contribution < 1.29 is 4.74 Å². The Kier molecular flexibility index (Phi) is 6.79. The van der Waals surface area contributed by atoms with Crippen LogP contribution in [0.5, 0.6) is 0 Å². The van der Waals surface area contributed by atoms with Crippen molar-refractivity contribution in [2.24, 2.45) is 0 Å². The molecule has 0 fully saturated rings. The second-order valence-electron chi connectivity index (χ2n) is 6.43. The molecule has 0 saturated carbocycles.